The van der Waals surface area contributed by atoms with Crippen molar-refractivity contribution < 1.29 is 9.84 Å². The van der Waals surface area contributed by atoms with E-state index in [-0.39, 0.29) is 12.0 Å². The zero-order chi connectivity index (χ0) is 13.3. The zero-order valence-corrected chi connectivity index (χ0v) is 10.8. The highest BCUT2D eigenvalue weighted by atomic mass is 16.5. The molecule has 3 rings (SSSR count). The third kappa shape index (κ3) is 2.24. The third-order valence-corrected chi connectivity index (χ3v) is 3.47. The van der Waals surface area contributed by atoms with Crippen LogP contribution in [0.5, 0.6) is 0 Å². The number of hydrogen-bond donors (Lipinski definition) is 1. The number of aliphatic hydroxyl groups is 1. The zero-order valence-electron chi connectivity index (χ0n) is 10.8. The Kier molecular flexibility index (Phi) is 3.04. The number of ether oxygens (including phenoxy) is 1. The molecule has 0 unspecified atom stereocenters. The number of aryl methyl sites for hydroxylation is 1. The van der Waals surface area contributed by atoms with Gasteiger partial charge in [0.15, 0.2) is 0 Å². The average molecular weight is 260 g/mol. The van der Waals surface area contributed by atoms with Crippen molar-refractivity contribution in [2.45, 2.75) is 13.5 Å². The molecule has 0 amide bonds. The van der Waals surface area contributed by atoms with E-state index in [1.54, 1.807) is 4.80 Å². The summed E-state index contributed by atoms with van der Waals surface area (Å²) in [5.74, 6) is 0.617. The van der Waals surface area contributed by atoms with Gasteiger partial charge in [0.1, 0.15) is 0 Å². The summed E-state index contributed by atoms with van der Waals surface area (Å²) >= 11 is 0. The molecule has 2 aromatic rings. The van der Waals surface area contributed by atoms with Crippen LogP contribution in [0.25, 0.3) is 11.4 Å². The van der Waals surface area contributed by atoms with Crippen LogP contribution in [0.3, 0.4) is 0 Å². The van der Waals surface area contributed by atoms with E-state index in [2.05, 4.69) is 15.4 Å². The van der Waals surface area contributed by atoms with Crippen LogP contribution in [-0.4, -0.2) is 45.1 Å². The topological polar surface area (TPSA) is 73.1 Å². The van der Waals surface area contributed by atoms with Gasteiger partial charge in [-0.3, -0.25) is 0 Å². The fourth-order valence-corrected chi connectivity index (χ4v) is 2.17. The van der Waals surface area contributed by atoms with Crippen LogP contribution in [0.15, 0.2) is 24.3 Å². The van der Waals surface area contributed by atoms with Crippen LogP contribution >= 0.6 is 0 Å². The normalized spacial score (nSPS) is 17.2. The minimum atomic E-state index is -0.246. The molecule has 0 radical (unpaired) electrons. The molecular weight excluding hydrogens is 244 g/mol. The summed E-state index contributed by atoms with van der Waals surface area (Å²) in [5, 5.41) is 21.9. The molecule has 1 aromatic heterocycles. The van der Waals surface area contributed by atoms with Gasteiger partial charge in [-0.2, -0.15) is 4.80 Å². The molecule has 1 saturated heterocycles. The summed E-state index contributed by atoms with van der Waals surface area (Å²) < 4.78 is 5.16. The van der Waals surface area contributed by atoms with E-state index in [1.807, 2.05) is 31.2 Å². The van der Waals surface area contributed by atoms with Crippen LogP contribution < -0.4 is 0 Å². The number of aliphatic hydroxyl groups excluding tert-OH is 1. The van der Waals surface area contributed by atoms with Crippen molar-refractivity contribution >= 4 is 0 Å². The number of hydrogen-bond acceptors (Lipinski definition) is 5. The SMILES string of the molecule is Cc1ccccc1-c1nnn(CC2(CO)COC2)n1. The minimum absolute atomic E-state index is 0.0776. The van der Waals surface area contributed by atoms with Crippen molar-refractivity contribution in [3.8, 4) is 11.4 Å². The van der Waals surface area contributed by atoms with Crippen molar-refractivity contribution in [3.63, 3.8) is 0 Å². The maximum absolute atomic E-state index is 9.40. The van der Waals surface area contributed by atoms with E-state index in [1.165, 1.54) is 0 Å². The molecule has 0 atom stereocenters. The fraction of sp³-hybridized carbons (Fsp3) is 0.462. The van der Waals surface area contributed by atoms with Crippen LogP contribution in [0, 0.1) is 12.3 Å². The van der Waals surface area contributed by atoms with Gasteiger partial charge in [0.2, 0.25) is 5.82 Å². The van der Waals surface area contributed by atoms with E-state index >= 15 is 0 Å². The molecule has 0 saturated carbocycles. The summed E-state index contributed by atoms with van der Waals surface area (Å²) in [6.07, 6.45) is 0. The van der Waals surface area contributed by atoms with E-state index in [0.717, 1.165) is 11.1 Å². The predicted octanol–water partition coefficient (Wildman–Crippen LogP) is 0.657. The van der Waals surface area contributed by atoms with Crippen LogP contribution in [0.4, 0.5) is 0 Å². The summed E-state index contributed by atoms with van der Waals surface area (Å²) in [5.41, 5.74) is 1.85. The molecule has 0 spiro atoms. The highest BCUT2D eigenvalue weighted by Crippen LogP contribution is 2.28. The van der Waals surface area contributed by atoms with Crippen molar-refractivity contribution in [2.24, 2.45) is 5.41 Å². The number of rotatable bonds is 4. The minimum Gasteiger partial charge on any atom is -0.396 e. The van der Waals surface area contributed by atoms with Gasteiger partial charge in [-0.1, -0.05) is 24.3 Å². The van der Waals surface area contributed by atoms with E-state index in [9.17, 15) is 5.11 Å². The van der Waals surface area contributed by atoms with Gasteiger partial charge in [0.25, 0.3) is 0 Å². The Bertz CT molecular complexity index is 572. The molecule has 19 heavy (non-hydrogen) atoms. The van der Waals surface area contributed by atoms with Crippen LogP contribution in [0.2, 0.25) is 0 Å². The van der Waals surface area contributed by atoms with Gasteiger partial charge in [-0.15, -0.1) is 10.2 Å². The molecule has 6 heteroatoms. The molecule has 1 aliphatic heterocycles. The lowest BCUT2D eigenvalue weighted by molar-refractivity contribution is -0.147. The number of nitrogens with zero attached hydrogens (tertiary/aromatic N) is 4. The Morgan fingerprint density at radius 2 is 2.16 bits per heavy atom. The van der Waals surface area contributed by atoms with Gasteiger partial charge in [-0.25, -0.2) is 0 Å². The number of aromatic nitrogens is 4. The van der Waals surface area contributed by atoms with Gasteiger partial charge in [0, 0.05) is 5.56 Å². The fourth-order valence-electron chi connectivity index (χ4n) is 2.17. The van der Waals surface area contributed by atoms with Crippen LogP contribution in [-0.2, 0) is 11.3 Å². The highest BCUT2D eigenvalue weighted by Gasteiger charge is 2.39. The van der Waals surface area contributed by atoms with Gasteiger partial charge < -0.3 is 9.84 Å². The largest absolute Gasteiger partial charge is 0.396 e. The molecule has 1 aromatic carbocycles. The summed E-state index contributed by atoms with van der Waals surface area (Å²) in [6.45, 7) is 3.72. The standard InChI is InChI=1S/C13H16N4O2/c1-10-4-2-3-5-11(10)12-14-16-17(15-12)6-13(7-18)8-19-9-13/h2-5,18H,6-9H2,1H3. The lowest BCUT2D eigenvalue weighted by Crippen LogP contribution is -2.49. The summed E-state index contributed by atoms with van der Waals surface area (Å²) in [6, 6.07) is 7.93. The summed E-state index contributed by atoms with van der Waals surface area (Å²) in [4.78, 5) is 1.54. The van der Waals surface area contributed by atoms with Gasteiger partial charge >= 0.3 is 0 Å². The first-order chi connectivity index (χ1) is 9.22. The van der Waals surface area contributed by atoms with Crippen molar-refractivity contribution in [1.82, 2.24) is 20.2 Å². The van der Waals surface area contributed by atoms with Gasteiger partial charge in [0.05, 0.1) is 31.8 Å². The highest BCUT2D eigenvalue weighted by molar-refractivity contribution is 5.58. The maximum atomic E-state index is 9.40. The molecule has 6 nitrogen and oxygen atoms in total. The second-order valence-electron chi connectivity index (χ2n) is 5.11. The summed E-state index contributed by atoms with van der Waals surface area (Å²) in [7, 11) is 0. The molecule has 2 heterocycles. The molecule has 1 fully saturated rings. The van der Waals surface area contributed by atoms with Crippen LogP contribution in [0.1, 0.15) is 5.56 Å². The smallest absolute Gasteiger partial charge is 0.205 e. The first-order valence-corrected chi connectivity index (χ1v) is 6.25. The molecule has 1 aliphatic rings. The second-order valence-corrected chi connectivity index (χ2v) is 5.11. The monoisotopic (exact) mass is 260 g/mol. The Balaban J connectivity index is 1.82. The average Bonchev–Trinajstić information content (AvgIpc) is 2.83. The Labute approximate surface area is 111 Å². The lowest BCUT2D eigenvalue weighted by atomic mass is 9.87. The van der Waals surface area contributed by atoms with Gasteiger partial charge in [-0.05, 0) is 17.7 Å². The third-order valence-electron chi connectivity index (χ3n) is 3.47. The number of tetrazole rings is 1. The maximum Gasteiger partial charge on any atom is 0.205 e. The Morgan fingerprint density at radius 1 is 1.37 bits per heavy atom. The second kappa shape index (κ2) is 4.71. The molecule has 0 bridgehead atoms. The lowest BCUT2D eigenvalue weighted by Gasteiger charge is -2.38. The molecular formula is C13H16N4O2. The molecule has 1 N–H and O–H groups in total. The number of benzene rings is 1. The van der Waals surface area contributed by atoms with E-state index in [4.69, 9.17) is 4.74 Å². The predicted molar refractivity (Wildman–Crippen MR) is 68.3 cm³/mol. The molecule has 100 valence electrons. The van der Waals surface area contributed by atoms with E-state index < -0.39 is 0 Å². The van der Waals surface area contributed by atoms with Crippen molar-refractivity contribution in [3.05, 3.63) is 29.8 Å². The quantitative estimate of drug-likeness (QED) is 0.874. The first kappa shape index (κ1) is 12.3. The van der Waals surface area contributed by atoms with E-state index in [0.29, 0.717) is 25.6 Å². The Hall–Kier alpha value is -1.79. The van der Waals surface area contributed by atoms with Crippen molar-refractivity contribution in [2.75, 3.05) is 19.8 Å². The Morgan fingerprint density at radius 3 is 2.79 bits per heavy atom. The molecule has 0 aliphatic carbocycles. The van der Waals surface area contributed by atoms with Crippen molar-refractivity contribution in [1.29, 1.82) is 0 Å². The first-order valence-electron chi connectivity index (χ1n) is 6.25.